The van der Waals surface area contributed by atoms with Gasteiger partial charge in [0.15, 0.2) is 0 Å². The topological polar surface area (TPSA) is 67.4 Å². The molecule has 0 radical (unpaired) electrons. The number of ether oxygens (including phenoxy) is 1. The van der Waals surface area contributed by atoms with Crippen molar-refractivity contribution in [3.63, 3.8) is 0 Å². The summed E-state index contributed by atoms with van der Waals surface area (Å²) in [6.45, 7) is 0.987. The summed E-state index contributed by atoms with van der Waals surface area (Å²) in [6, 6.07) is 5.48. The molecule has 1 saturated heterocycles. The molecule has 1 atom stereocenters. The minimum atomic E-state index is -3.34. The molecule has 21 heavy (non-hydrogen) atoms. The highest BCUT2D eigenvalue weighted by atomic mass is 79.9. The molecule has 118 valence electrons. The number of methoxy groups -OCH3 is 1. The Bertz CT molecular complexity index is 572. The molecule has 0 bridgehead atoms. The largest absolute Gasteiger partial charge is 0.497 e. The maximum atomic E-state index is 12.2. The first-order chi connectivity index (χ1) is 9.98. The SMILES string of the molecule is COc1cc(Br)cc(NS(=O)(=O)CCC2CCCCN2)c1. The van der Waals surface area contributed by atoms with E-state index in [1.807, 2.05) is 0 Å². The molecule has 0 aromatic heterocycles. The first kappa shape index (κ1) is 16.6. The minimum Gasteiger partial charge on any atom is -0.497 e. The van der Waals surface area contributed by atoms with Crippen molar-refractivity contribution in [3.8, 4) is 5.75 Å². The lowest BCUT2D eigenvalue weighted by molar-refractivity contribution is 0.393. The second kappa shape index (κ2) is 7.47. The molecule has 0 spiro atoms. The second-order valence-electron chi connectivity index (χ2n) is 5.24. The summed E-state index contributed by atoms with van der Waals surface area (Å²) in [7, 11) is -1.79. The van der Waals surface area contributed by atoms with Crippen molar-refractivity contribution in [3.05, 3.63) is 22.7 Å². The maximum Gasteiger partial charge on any atom is 0.232 e. The van der Waals surface area contributed by atoms with Gasteiger partial charge in [-0.3, -0.25) is 4.72 Å². The Balaban J connectivity index is 1.95. The van der Waals surface area contributed by atoms with Crippen molar-refractivity contribution in [2.75, 3.05) is 24.1 Å². The third-order valence-electron chi connectivity index (χ3n) is 3.53. The summed E-state index contributed by atoms with van der Waals surface area (Å²) in [5.41, 5.74) is 0.512. The van der Waals surface area contributed by atoms with Crippen LogP contribution >= 0.6 is 15.9 Å². The summed E-state index contributed by atoms with van der Waals surface area (Å²) >= 11 is 3.34. The molecule has 1 unspecified atom stereocenters. The highest BCUT2D eigenvalue weighted by molar-refractivity contribution is 9.10. The average Bonchev–Trinajstić information content (AvgIpc) is 2.45. The van der Waals surface area contributed by atoms with Crippen LogP contribution in [0.3, 0.4) is 0 Å². The molecule has 0 amide bonds. The van der Waals surface area contributed by atoms with Crippen LogP contribution in [-0.4, -0.2) is 33.9 Å². The Morgan fingerprint density at radius 2 is 2.19 bits per heavy atom. The number of hydrogen-bond donors (Lipinski definition) is 2. The third-order valence-corrected chi connectivity index (χ3v) is 5.31. The molecular weight excluding hydrogens is 356 g/mol. The van der Waals surface area contributed by atoms with Gasteiger partial charge < -0.3 is 10.1 Å². The van der Waals surface area contributed by atoms with Crippen LogP contribution in [0.25, 0.3) is 0 Å². The lowest BCUT2D eigenvalue weighted by atomic mass is 10.0. The first-order valence-electron chi connectivity index (χ1n) is 7.07. The standard InChI is InChI=1S/C14H21BrN2O3S/c1-20-14-9-11(15)8-13(10-14)17-21(18,19)7-5-12-4-2-3-6-16-12/h8-10,12,16-17H,2-7H2,1H3. The van der Waals surface area contributed by atoms with Gasteiger partial charge in [0.25, 0.3) is 0 Å². The zero-order valence-corrected chi connectivity index (χ0v) is 14.5. The lowest BCUT2D eigenvalue weighted by Gasteiger charge is -2.23. The van der Waals surface area contributed by atoms with E-state index in [4.69, 9.17) is 4.74 Å². The third kappa shape index (κ3) is 5.48. The predicted molar refractivity (Wildman–Crippen MR) is 88.4 cm³/mol. The van der Waals surface area contributed by atoms with E-state index in [1.165, 1.54) is 12.8 Å². The lowest BCUT2D eigenvalue weighted by Crippen LogP contribution is -2.36. The van der Waals surface area contributed by atoms with Crippen LogP contribution < -0.4 is 14.8 Å². The number of hydrogen-bond acceptors (Lipinski definition) is 4. The molecule has 7 heteroatoms. The number of sulfonamides is 1. The molecule has 1 aliphatic heterocycles. The fourth-order valence-electron chi connectivity index (χ4n) is 2.44. The Morgan fingerprint density at radius 1 is 1.38 bits per heavy atom. The van der Waals surface area contributed by atoms with E-state index in [-0.39, 0.29) is 5.75 Å². The van der Waals surface area contributed by atoms with Crippen molar-refractivity contribution < 1.29 is 13.2 Å². The number of piperidine rings is 1. The zero-order chi connectivity index (χ0) is 15.3. The van der Waals surface area contributed by atoms with Crippen LogP contribution in [0.2, 0.25) is 0 Å². The van der Waals surface area contributed by atoms with Crippen molar-refractivity contribution in [2.24, 2.45) is 0 Å². The van der Waals surface area contributed by atoms with Crippen LogP contribution in [0, 0.1) is 0 Å². The van der Waals surface area contributed by atoms with Crippen LogP contribution in [-0.2, 0) is 10.0 Å². The Hall–Kier alpha value is -0.790. The molecule has 0 aliphatic carbocycles. The molecule has 1 heterocycles. The van der Waals surface area contributed by atoms with Crippen LogP contribution in [0.4, 0.5) is 5.69 Å². The number of halogens is 1. The molecule has 0 saturated carbocycles. The maximum absolute atomic E-state index is 12.2. The summed E-state index contributed by atoms with van der Waals surface area (Å²) < 4.78 is 32.8. The Labute approximate surface area is 134 Å². The molecule has 1 aliphatic rings. The van der Waals surface area contributed by atoms with Crippen molar-refractivity contribution >= 4 is 31.6 Å². The van der Waals surface area contributed by atoms with Gasteiger partial charge in [-0.1, -0.05) is 22.4 Å². The Morgan fingerprint density at radius 3 is 2.86 bits per heavy atom. The number of nitrogens with one attached hydrogen (secondary N) is 2. The van der Waals surface area contributed by atoms with Gasteiger partial charge in [-0.15, -0.1) is 0 Å². The van der Waals surface area contributed by atoms with Gasteiger partial charge in [-0.2, -0.15) is 0 Å². The van der Waals surface area contributed by atoms with E-state index >= 15 is 0 Å². The van der Waals surface area contributed by atoms with E-state index in [9.17, 15) is 8.42 Å². The first-order valence-corrected chi connectivity index (χ1v) is 9.51. The number of rotatable bonds is 6. The quantitative estimate of drug-likeness (QED) is 0.800. The van der Waals surface area contributed by atoms with Crippen LogP contribution in [0.5, 0.6) is 5.75 Å². The van der Waals surface area contributed by atoms with Crippen LogP contribution in [0.1, 0.15) is 25.7 Å². The van der Waals surface area contributed by atoms with Gasteiger partial charge in [0.05, 0.1) is 18.6 Å². The van der Waals surface area contributed by atoms with E-state index in [2.05, 4.69) is 26.0 Å². The van der Waals surface area contributed by atoms with Gasteiger partial charge in [0.1, 0.15) is 5.75 Å². The molecular formula is C14H21BrN2O3S. The minimum absolute atomic E-state index is 0.124. The van der Waals surface area contributed by atoms with Crippen molar-refractivity contribution in [2.45, 2.75) is 31.7 Å². The second-order valence-corrected chi connectivity index (χ2v) is 7.99. The highest BCUT2D eigenvalue weighted by Gasteiger charge is 2.17. The summed E-state index contributed by atoms with van der Waals surface area (Å²) in [6.07, 6.45) is 4.05. The van der Waals surface area contributed by atoms with Crippen molar-refractivity contribution in [1.29, 1.82) is 0 Å². The van der Waals surface area contributed by atoms with Gasteiger partial charge in [0, 0.05) is 16.6 Å². The fraction of sp³-hybridized carbons (Fsp3) is 0.571. The van der Waals surface area contributed by atoms with E-state index in [0.717, 1.165) is 17.4 Å². The van der Waals surface area contributed by atoms with E-state index in [1.54, 1.807) is 25.3 Å². The monoisotopic (exact) mass is 376 g/mol. The zero-order valence-electron chi connectivity index (χ0n) is 12.1. The van der Waals surface area contributed by atoms with Gasteiger partial charge >= 0.3 is 0 Å². The number of benzene rings is 1. The van der Waals surface area contributed by atoms with E-state index in [0.29, 0.717) is 23.9 Å². The molecule has 2 rings (SSSR count). The molecule has 1 aromatic carbocycles. The normalized spacial score (nSPS) is 19.2. The Kier molecular flexibility index (Phi) is 5.89. The smallest absolute Gasteiger partial charge is 0.232 e. The molecule has 1 aromatic rings. The molecule has 1 fully saturated rings. The predicted octanol–water partition coefficient (Wildman–Crippen LogP) is 2.73. The van der Waals surface area contributed by atoms with Gasteiger partial charge in [-0.25, -0.2) is 8.42 Å². The fourth-order valence-corrected chi connectivity index (χ4v) is 4.08. The summed E-state index contributed by atoms with van der Waals surface area (Å²) in [5.74, 6) is 0.732. The van der Waals surface area contributed by atoms with Gasteiger partial charge in [0.2, 0.25) is 10.0 Å². The summed E-state index contributed by atoms with van der Waals surface area (Å²) in [5, 5.41) is 3.36. The van der Waals surface area contributed by atoms with E-state index < -0.39 is 10.0 Å². The summed E-state index contributed by atoms with van der Waals surface area (Å²) in [4.78, 5) is 0. The van der Waals surface area contributed by atoms with Crippen molar-refractivity contribution in [1.82, 2.24) is 5.32 Å². The molecule has 5 nitrogen and oxygen atoms in total. The average molecular weight is 377 g/mol. The number of anilines is 1. The van der Waals surface area contributed by atoms with Crippen LogP contribution in [0.15, 0.2) is 22.7 Å². The van der Waals surface area contributed by atoms with Gasteiger partial charge in [-0.05, 0) is 37.9 Å². The molecule has 2 N–H and O–H groups in total. The highest BCUT2D eigenvalue weighted by Crippen LogP contribution is 2.25.